The quantitative estimate of drug-likeness (QED) is 0.670. The van der Waals surface area contributed by atoms with E-state index in [0.717, 1.165) is 11.3 Å². The van der Waals surface area contributed by atoms with Gasteiger partial charge in [0.1, 0.15) is 0 Å². The molecule has 0 heterocycles. The van der Waals surface area contributed by atoms with E-state index in [4.69, 9.17) is 0 Å². The molecule has 0 unspecified atom stereocenters. The van der Waals surface area contributed by atoms with Crippen molar-refractivity contribution in [2.24, 2.45) is 0 Å². The maximum atomic E-state index is 4.25. The van der Waals surface area contributed by atoms with Crippen LogP contribution in [0.4, 0.5) is 0 Å². The highest BCUT2D eigenvalue weighted by Gasteiger charge is 1.95. The summed E-state index contributed by atoms with van der Waals surface area (Å²) < 4.78 is 0. The highest BCUT2D eigenvalue weighted by Crippen LogP contribution is 2.15. The molecule has 0 saturated carbocycles. The summed E-state index contributed by atoms with van der Waals surface area (Å²) in [6.45, 7) is 9.89. The monoisotopic (exact) mass is 194 g/mol. The smallest absolute Gasteiger partial charge is 0.00461 e. The molecule has 1 rings (SSSR count). The van der Waals surface area contributed by atoms with E-state index >= 15 is 0 Å². The van der Waals surface area contributed by atoms with Gasteiger partial charge in [-0.25, -0.2) is 0 Å². The Morgan fingerprint density at radius 1 is 1.38 bits per heavy atom. The minimum Gasteiger partial charge on any atom is -0.143 e. The second-order valence-corrected chi connectivity index (χ2v) is 2.96. The fourth-order valence-corrected chi connectivity index (χ4v) is 1.31. The van der Waals surface area contributed by atoms with E-state index in [1.807, 2.05) is 32.1 Å². The van der Waals surface area contributed by atoms with Gasteiger partial charge in [-0.05, 0) is 29.7 Å². The lowest BCUT2D eigenvalue weighted by Crippen LogP contribution is -1.84. The summed E-state index contributed by atoms with van der Waals surface area (Å²) in [5.74, 6) is 0. The number of hydrogen-bond donors (Lipinski definition) is 1. The predicted octanol–water partition coefficient (Wildman–Crippen LogP) is 4.21. The maximum Gasteiger partial charge on any atom is 0.00461 e. The summed E-state index contributed by atoms with van der Waals surface area (Å²) >= 11 is 4.25. The Morgan fingerprint density at radius 3 is 2.46 bits per heavy atom. The van der Waals surface area contributed by atoms with Gasteiger partial charge >= 0.3 is 0 Å². The van der Waals surface area contributed by atoms with Crippen LogP contribution < -0.4 is 0 Å². The number of thiol groups is 1. The van der Waals surface area contributed by atoms with E-state index in [0.29, 0.717) is 0 Å². The largest absolute Gasteiger partial charge is 0.143 e. The van der Waals surface area contributed by atoms with Crippen LogP contribution in [-0.2, 0) is 6.42 Å². The molecule has 0 aliphatic rings. The van der Waals surface area contributed by atoms with Crippen LogP contribution in [0.15, 0.2) is 29.7 Å². The zero-order chi connectivity index (χ0) is 10.3. The molecule has 1 aromatic rings. The second-order valence-electron chi connectivity index (χ2n) is 2.44. The van der Waals surface area contributed by atoms with Crippen molar-refractivity contribution in [1.29, 1.82) is 0 Å². The minimum absolute atomic E-state index is 0.997. The first-order chi connectivity index (χ1) is 6.27. The Morgan fingerprint density at radius 2 is 2.00 bits per heavy atom. The summed E-state index contributed by atoms with van der Waals surface area (Å²) in [6.07, 6.45) is 2.92. The molecule has 0 saturated heterocycles. The van der Waals surface area contributed by atoms with Gasteiger partial charge in [-0.15, -0.1) is 12.6 Å². The molecule has 0 fully saturated rings. The van der Waals surface area contributed by atoms with Gasteiger partial charge in [0.05, 0.1) is 0 Å². The highest BCUT2D eigenvalue weighted by atomic mass is 32.1. The van der Waals surface area contributed by atoms with E-state index < -0.39 is 0 Å². The molecule has 0 aliphatic heterocycles. The van der Waals surface area contributed by atoms with Crippen molar-refractivity contribution in [2.75, 3.05) is 0 Å². The molecule has 13 heavy (non-hydrogen) atoms. The van der Waals surface area contributed by atoms with E-state index in [1.165, 1.54) is 11.1 Å². The number of rotatable bonds is 2. The molecule has 1 aromatic carbocycles. The lowest BCUT2D eigenvalue weighted by molar-refractivity contribution is 1.12. The SMILES string of the molecule is C=Cc1cc(S)ccc1CC.CC. The van der Waals surface area contributed by atoms with Crippen LogP contribution in [0.2, 0.25) is 0 Å². The Labute approximate surface area is 87.1 Å². The Bertz CT molecular complexity index is 264. The third-order valence-electron chi connectivity index (χ3n) is 1.73. The molecule has 0 amide bonds. The van der Waals surface area contributed by atoms with Crippen molar-refractivity contribution in [1.82, 2.24) is 0 Å². The molecule has 0 aliphatic carbocycles. The average Bonchev–Trinajstić information content (AvgIpc) is 2.20. The minimum atomic E-state index is 0.997. The average molecular weight is 194 g/mol. The molecule has 0 aromatic heterocycles. The lowest BCUT2D eigenvalue weighted by atomic mass is 10.1. The van der Waals surface area contributed by atoms with Crippen molar-refractivity contribution in [3.05, 3.63) is 35.9 Å². The molecule has 72 valence electrons. The fraction of sp³-hybridized carbons (Fsp3) is 0.333. The molecule has 0 atom stereocenters. The van der Waals surface area contributed by atoms with Crippen LogP contribution in [-0.4, -0.2) is 0 Å². The van der Waals surface area contributed by atoms with Crippen molar-refractivity contribution >= 4 is 18.7 Å². The van der Waals surface area contributed by atoms with Crippen LogP contribution in [0, 0.1) is 0 Å². The van der Waals surface area contributed by atoms with Crippen molar-refractivity contribution < 1.29 is 0 Å². The zero-order valence-corrected chi connectivity index (χ0v) is 9.57. The zero-order valence-electron chi connectivity index (χ0n) is 8.67. The first kappa shape index (κ1) is 12.3. The van der Waals surface area contributed by atoms with Gasteiger partial charge in [0.25, 0.3) is 0 Å². The molecule has 1 heteroatoms. The maximum absolute atomic E-state index is 4.25. The number of aryl methyl sites for hydroxylation is 1. The molecular formula is C12H18S. The number of benzene rings is 1. The molecular weight excluding hydrogens is 176 g/mol. The van der Waals surface area contributed by atoms with Crippen LogP contribution >= 0.6 is 12.6 Å². The summed E-state index contributed by atoms with van der Waals surface area (Å²) in [5.41, 5.74) is 2.53. The van der Waals surface area contributed by atoms with Gasteiger partial charge in [0.2, 0.25) is 0 Å². The van der Waals surface area contributed by atoms with Crippen LogP contribution in [0.25, 0.3) is 6.08 Å². The first-order valence-corrected chi connectivity index (χ1v) is 5.17. The second kappa shape index (κ2) is 6.79. The fourth-order valence-electron chi connectivity index (χ4n) is 1.09. The van der Waals surface area contributed by atoms with Crippen molar-refractivity contribution in [3.8, 4) is 0 Å². The van der Waals surface area contributed by atoms with Crippen LogP contribution in [0.5, 0.6) is 0 Å². The Balaban J connectivity index is 0.000000671. The molecule has 0 nitrogen and oxygen atoms in total. The summed E-state index contributed by atoms with van der Waals surface area (Å²) in [4.78, 5) is 0.997. The molecule has 0 N–H and O–H groups in total. The van der Waals surface area contributed by atoms with E-state index in [-0.39, 0.29) is 0 Å². The van der Waals surface area contributed by atoms with Gasteiger partial charge < -0.3 is 0 Å². The third kappa shape index (κ3) is 3.69. The standard InChI is InChI=1S/C10H12S.C2H6/c1-3-8-5-6-10(11)7-9(8)4-2;1-2/h4-7,11H,2-3H2,1H3;1-2H3. The Hall–Kier alpha value is -0.690. The molecule has 0 radical (unpaired) electrons. The van der Waals surface area contributed by atoms with Crippen molar-refractivity contribution in [2.45, 2.75) is 32.1 Å². The predicted molar refractivity (Wildman–Crippen MR) is 64.5 cm³/mol. The lowest BCUT2D eigenvalue weighted by Gasteiger charge is -2.02. The summed E-state index contributed by atoms with van der Waals surface area (Å²) in [7, 11) is 0. The van der Waals surface area contributed by atoms with Gasteiger partial charge in [-0.1, -0.05) is 39.5 Å². The Kier molecular flexibility index (Phi) is 6.43. The van der Waals surface area contributed by atoms with E-state index in [1.54, 1.807) is 0 Å². The van der Waals surface area contributed by atoms with E-state index in [2.05, 4.69) is 32.2 Å². The van der Waals surface area contributed by atoms with Gasteiger partial charge in [0.15, 0.2) is 0 Å². The van der Waals surface area contributed by atoms with Gasteiger partial charge in [0, 0.05) is 4.90 Å². The van der Waals surface area contributed by atoms with Gasteiger partial charge in [-0.2, -0.15) is 0 Å². The first-order valence-electron chi connectivity index (χ1n) is 4.72. The normalized spacial score (nSPS) is 8.62. The van der Waals surface area contributed by atoms with Crippen LogP contribution in [0.1, 0.15) is 31.9 Å². The topological polar surface area (TPSA) is 0 Å². The number of hydrogen-bond acceptors (Lipinski definition) is 1. The summed E-state index contributed by atoms with van der Waals surface area (Å²) in [5, 5.41) is 0. The van der Waals surface area contributed by atoms with Gasteiger partial charge in [-0.3, -0.25) is 0 Å². The highest BCUT2D eigenvalue weighted by molar-refractivity contribution is 7.80. The third-order valence-corrected chi connectivity index (χ3v) is 2.01. The van der Waals surface area contributed by atoms with Crippen LogP contribution in [0.3, 0.4) is 0 Å². The summed E-state index contributed by atoms with van der Waals surface area (Å²) in [6, 6.07) is 6.14. The molecule has 0 bridgehead atoms. The van der Waals surface area contributed by atoms with Crippen molar-refractivity contribution in [3.63, 3.8) is 0 Å². The van der Waals surface area contributed by atoms with E-state index in [9.17, 15) is 0 Å². The molecule has 0 spiro atoms.